The molecule has 0 radical (unpaired) electrons. The molecule has 0 aromatic heterocycles. The van der Waals surface area contributed by atoms with Gasteiger partial charge in [-0.3, -0.25) is 4.79 Å². The van der Waals surface area contributed by atoms with Crippen LogP contribution in [0.15, 0.2) is 0 Å². The monoisotopic (exact) mass is 296 g/mol. The number of hydrogen-bond donors (Lipinski definition) is 1. The first-order chi connectivity index (χ1) is 9.25. The first kappa shape index (κ1) is 14.7. The normalized spacial score (nSPS) is 26.6. The van der Waals surface area contributed by atoms with Crippen LogP contribution in [0, 0.1) is 35.0 Å². The minimum atomic E-state index is -2.29. The van der Waals surface area contributed by atoms with Gasteiger partial charge in [-0.2, -0.15) is 0 Å². The average molecular weight is 296 g/mol. The minimum Gasteiger partial charge on any atom is -0.457 e. The molecule has 3 nitrogen and oxygen atoms in total. The summed E-state index contributed by atoms with van der Waals surface area (Å²) < 4.78 is 71.0. The van der Waals surface area contributed by atoms with Crippen molar-refractivity contribution in [3.63, 3.8) is 0 Å². The van der Waals surface area contributed by atoms with Gasteiger partial charge in [-0.05, 0) is 0 Å². The maximum Gasteiger partial charge on any atom is 0.309 e. The van der Waals surface area contributed by atoms with E-state index in [1.54, 1.807) is 0 Å². The summed E-state index contributed by atoms with van der Waals surface area (Å²) in [6.07, 6.45) is -3.44. The lowest BCUT2D eigenvalue weighted by molar-refractivity contribution is -0.168. The molecule has 1 saturated heterocycles. The van der Waals surface area contributed by atoms with E-state index in [0.717, 1.165) is 0 Å². The Balaban J connectivity index is 2.60. The van der Waals surface area contributed by atoms with E-state index in [9.17, 15) is 31.9 Å². The number of cyclic esters (lactones) is 1. The van der Waals surface area contributed by atoms with Crippen molar-refractivity contribution in [1.82, 2.24) is 0 Å². The highest BCUT2D eigenvalue weighted by Gasteiger charge is 2.41. The first-order valence-electron chi connectivity index (χ1n) is 5.64. The summed E-state index contributed by atoms with van der Waals surface area (Å²) in [6.45, 7) is 1.28. The molecule has 110 valence electrons. The number of benzene rings is 1. The molecule has 1 aromatic rings. The minimum absolute atomic E-state index is 0.410. The van der Waals surface area contributed by atoms with Crippen LogP contribution in [0.1, 0.15) is 25.0 Å². The van der Waals surface area contributed by atoms with E-state index in [-0.39, 0.29) is 0 Å². The fourth-order valence-electron chi connectivity index (χ4n) is 2.05. The van der Waals surface area contributed by atoms with Crippen molar-refractivity contribution in [1.29, 1.82) is 0 Å². The topological polar surface area (TPSA) is 46.5 Å². The SMILES string of the molecule is C[C@H]1[C@H](O)CC(=O)O[C@H]1c1c(F)c(F)c(F)c(F)c1F. The third-order valence-corrected chi connectivity index (χ3v) is 3.25. The van der Waals surface area contributed by atoms with Crippen LogP contribution in [0.25, 0.3) is 0 Å². The number of aliphatic hydroxyl groups is 1. The fourth-order valence-corrected chi connectivity index (χ4v) is 2.05. The van der Waals surface area contributed by atoms with E-state index in [1.165, 1.54) is 6.92 Å². The number of halogens is 5. The van der Waals surface area contributed by atoms with Crippen molar-refractivity contribution in [3.05, 3.63) is 34.6 Å². The summed E-state index contributed by atoms with van der Waals surface area (Å²) in [6, 6.07) is 0. The summed E-state index contributed by atoms with van der Waals surface area (Å²) in [5.41, 5.74) is -1.25. The maximum atomic E-state index is 13.6. The highest BCUT2D eigenvalue weighted by Crippen LogP contribution is 2.38. The second-order valence-corrected chi connectivity index (χ2v) is 4.52. The second-order valence-electron chi connectivity index (χ2n) is 4.52. The molecular formula is C12H9F5O3. The largest absolute Gasteiger partial charge is 0.457 e. The van der Waals surface area contributed by atoms with Crippen LogP contribution in [0.3, 0.4) is 0 Å². The third kappa shape index (κ3) is 2.13. The number of esters is 1. The Kier molecular flexibility index (Phi) is 3.68. The van der Waals surface area contributed by atoms with E-state index >= 15 is 0 Å². The van der Waals surface area contributed by atoms with Gasteiger partial charge in [0, 0.05) is 5.92 Å². The highest BCUT2D eigenvalue weighted by molar-refractivity contribution is 5.71. The molecule has 1 heterocycles. The zero-order chi connectivity index (χ0) is 15.2. The molecule has 0 unspecified atom stereocenters. The number of carbonyl (C=O) groups is 1. The molecule has 1 aromatic carbocycles. The van der Waals surface area contributed by atoms with Crippen LogP contribution in [0.4, 0.5) is 22.0 Å². The zero-order valence-electron chi connectivity index (χ0n) is 10.1. The lowest BCUT2D eigenvalue weighted by atomic mass is 9.88. The summed E-state index contributed by atoms with van der Waals surface area (Å²) in [7, 11) is 0. The van der Waals surface area contributed by atoms with Crippen molar-refractivity contribution in [2.45, 2.75) is 25.6 Å². The van der Waals surface area contributed by atoms with Crippen molar-refractivity contribution in [3.8, 4) is 0 Å². The molecule has 1 aliphatic rings. The second kappa shape index (κ2) is 5.01. The van der Waals surface area contributed by atoms with Gasteiger partial charge in [-0.25, -0.2) is 22.0 Å². The molecule has 0 bridgehead atoms. The van der Waals surface area contributed by atoms with Crippen LogP contribution in [0.5, 0.6) is 0 Å². The molecule has 1 fully saturated rings. The predicted molar refractivity (Wildman–Crippen MR) is 54.9 cm³/mol. The van der Waals surface area contributed by atoms with Gasteiger partial charge in [0.2, 0.25) is 5.82 Å². The summed E-state index contributed by atoms with van der Waals surface area (Å²) in [4.78, 5) is 11.2. The van der Waals surface area contributed by atoms with Crippen molar-refractivity contribution in [2.75, 3.05) is 0 Å². The van der Waals surface area contributed by atoms with Gasteiger partial charge in [-0.15, -0.1) is 0 Å². The Bertz CT molecular complexity index is 546. The summed E-state index contributed by atoms with van der Waals surface area (Å²) in [5.74, 6) is -12.7. The van der Waals surface area contributed by atoms with E-state index in [4.69, 9.17) is 0 Å². The molecule has 0 saturated carbocycles. The first-order valence-corrected chi connectivity index (χ1v) is 5.64. The predicted octanol–water partition coefficient (Wildman–Crippen LogP) is 2.37. The van der Waals surface area contributed by atoms with Gasteiger partial charge in [0.1, 0.15) is 6.10 Å². The Morgan fingerprint density at radius 1 is 1.00 bits per heavy atom. The Morgan fingerprint density at radius 3 is 1.95 bits per heavy atom. The van der Waals surface area contributed by atoms with Gasteiger partial charge < -0.3 is 9.84 Å². The molecule has 20 heavy (non-hydrogen) atoms. The number of carbonyl (C=O) groups excluding carboxylic acids is 1. The van der Waals surface area contributed by atoms with Crippen LogP contribution in [-0.4, -0.2) is 17.2 Å². The van der Waals surface area contributed by atoms with Crippen molar-refractivity contribution < 1.29 is 36.6 Å². The highest BCUT2D eigenvalue weighted by atomic mass is 19.2. The Labute approximate surface area is 110 Å². The van der Waals surface area contributed by atoms with Crippen LogP contribution >= 0.6 is 0 Å². The quantitative estimate of drug-likeness (QED) is 0.374. The van der Waals surface area contributed by atoms with E-state index in [0.29, 0.717) is 0 Å². The van der Waals surface area contributed by atoms with E-state index < -0.39 is 65.2 Å². The van der Waals surface area contributed by atoms with E-state index in [1.807, 2.05) is 0 Å². The lowest BCUT2D eigenvalue weighted by Gasteiger charge is -2.33. The van der Waals surface area contributed by atoms with Gasteiger partial charge >= 0.3 is 5.97 Å². The van der Waals surface area contributed by atoms with Gasteiger partial charge in [0.05, 0.1) is 18.1 Å². The Hall–Kier alpha value is -1.70. The van der Waals surface area contributed by atoms with Crippen molar-refractivity contribution in [2.24, 2.45) is 5.92 Å². The number of hydrogen-bond acceptors (Lipinski definition) is 3. The third-order valence-electron chi connectivity index (χ3n) is 3.25. The van der Waals surface area contributed by atoms with Crippen LogP contribution in [0.2, 0.25) is 0 Å². The summed E-state index contributed by atoms with van der Waals surface area (Å²) in [5, 5.41) is 9.55. The molecular weight excluding hydrogens is 287 g/mol. The number of ether oxygens (including phenoxy) is 1. The molecule has 0 spiro atoms. The van der Waals surface area contributed by atoms with Gasteiger partial charge in [0.15, 0.2) is 23.3 Å². The smallest absolute Gasteiger partial charge is 0.309 e. The molecule has 1 aliphatic heterocycles. The number of rotatable bonds is 1. The standard InChI is InChI=1S/C12H9F5O3/c1-3-4(18)2-5(19)20-12(3)6-7(13)9(15)11(17)10(16)8(6)14/h3-4,12,18H,2H2,1H3/t3-,4+,12+/m0/s1. The fraction of sp³-hybridized carbons (Fsp3) is 0.417. The molecule has 3 atom stereocenters. The molecule has 1 N–H and O–H groups in total. The summed E-state index contributed by atoms with van der Waals surface area (Å²) >= 11 is 0. The Morgan fingerprint density at radius 2 is 1.45 bits per heavy atom. The zero-order valence-corrected chi connectivity index (χ0v) is 10.1. The maximum absolute atomic E-state index is 13.6. The van der Waals surface area contributed by atoms with Crippen LogP contribution < -0.4 is 0 Å². The lowest BCUT2D eigenvalue weighted by Crippen LogP contribution is -2.36. The molecule has 0 aliphatic carbocycles. The average Bonchev–Trinajstić information content (AvgIpc) is 2.39. The van der Waals surface area contributed by atoms with Crippen LogP contribution in [-0.2, 0) is 9.53 Å². The number of aliphatic hydroxyl groups excluding tert-OH is 1. The van der Waals surface area contributed by atoms with Gasteiger partial charge in [0.25, 0.3) is 0 Å². The van der Waals surface area contributed by atoms with Crippen molar-refractivity contribution >= 4 is 5.97 Å². The molecule has 8 heteroatoms. The molecule has 0 amide bonds. The van der Waals surface area contributed by atoms with Gasteiger partial charge in [-0.1, -0.05) is 6.92 Å². The van der Waals surface area contributed by atoms with E-state index in [2.05, 4.69) is 4.74 Å². The molecule has 2 rings (SSSR count).